The van der Waals surface area contributed by atoms with Gasteiger partial charge in [-0.1, -0.05) is 26.7 Å². The van der Waals surface area contributed by atoms with E-state index < -0.39 is 10.0 Å². The number of nitrogens with one attached hydrogen (secondary N) is 2. The van der Waals surface area contributed by atoms with Crippen LogP contribution in [0.2, 0.25) is 0 Å². The highest BCUT2D eigenvalue weighted by atomic mass is 32.2. The molecule has 6 heteroatoms. The maximum Gasteiger partial charge on any atom is 0.250 e. The van der Waals surface area contributed by atoms with Gasteiger partial charge in [0.05, 0.1) is 0 Å². The van der Waals surface area contributed by atoms with E-state index >= 15 is 0 Å². The summed E-state index contributed by atoms with van der Waals surface area (Å²) in [6, 6.07) is 3.60. The first kappa shape index (κ1) is 16.9. The highest BCUT2D eigenvalue weighted by Gasteiger charge is 2.22. The van der Waals surface area contributed by atoms with E-state index in [9.17, 15) is 8.42 Å². The molecular weight excluding hydrogens is 304 g/mol. The third-order valence-corrected chi connectivity index (χ3v) is 7.06. The topological polar surface area (TPSA) is 58.2 Å². The second-order valence-electron chi connectivity index (χ2n) is 5.99. The van der Waals surface area contributed by atoms with E-state index in [-0.39, 0.29) is 0 Å². The van der Waals surface area contributed by atoms with Crippen molar-refractivity contribution in [1.82, 2.24) is 10.0 Å². The van der Waals surface area contributed by atoms with Gasteiger partial charge >= 0.3 is 0 Å². The number of hydrogen-bond donors (Lipinski definition) is 2. The van der Waals surface area contributed by atoms with Crippen molar-refractivity contribution in [3.63, 3.8) is 0 Å². The van der Waals surface area contributed by atoms with Gasteiger partial charge in [0.1, 0.15) is 4.21 Å². The highest BCUT2D eigenvalue weighted by Crippen LogP contribution is 2.28. The molecule has 0 aromatic carbocycles. The molecular formula is C15H26N2O2S2. The van der Waals surface area contributed by atoms with Gasteiger partial charge in [-0.3, -0.25) is 0 Å². The van der Waals surface area contributed by atoms with Crippen LogP contribution < -0.4 is 10.0 Å². The van der Waals surface area contributed by atoms with Crippen LogP contribution in [0.4, 0.5) is 0 Å². The van der Waals surface area contributed by atoms with E-state index in [0.717, 1.165) is 36.7 Å². The average molecular weight is 331 g/mol. The summed E-state index contributed by atoms with van der Waals surface area (Å²) in [5, 5.41) is 3.21. The zero-order chi connectivity index (χ0) is 15.3. The lowest BCUT2D eigenvalue weighted by atomic mass is 9.83. The first-order valence-corrected chi connectivity index (χ1v) is 10.1. The Labute approximate surface area is 132 Å². The largest absolute Gasteiger partial charge is 0.312 e. The zero-order valence-electron chi connectivity index (χ0n) is 12.9. The van der Waals surface area contributed by atoms with Gasteiger partial charge in [-0.2, -0.15) is 0 Å². The Morgan fingerprint density at radius 2 is 2.14 bits per heavy atom. The molecule has 4 nitrogen and oxygen atoms in total. The lowest BCUT2D eigenvalue weighted by Gasteiger charge is -2.26. The molecule has 0 radical (unpaired) electrons. The Hall–Kier alpha value is -0.430. The van der Waals surface area contributed by atoms with E-state index in [1.165, 1.54) is 24.2 Å². The molecule has 0 bridgehead atoms. The van der Waals surface area contributed by atoms with Crippen LogP contribution in [-0.2, 0) is 16.6 Å². The molecule has 0 amide bonds. The second kappa shape index (κ2) is 7.72. The fraction of sp³-hybridized carbons (Fsp3) is 0.733. The summed E-state index contributed by atoms with van der Waals surface area (Å²) in [6.45, 7) is 6.49. The summed E-state index contributed by atoms with van der Waals surface area (Å²) in [7, 11) is -3.34. The molecule has 1 heterocycles. The molecule has 1 saturated carbocycles. The number of thiophene rings is 1. The van der Waals surface area contributed by atoms with E-state index in [1.807, 2.05) is 13.0 Å². The Bertz CT molecular complexity index is 540. The van der Waals surface area contributed by atoms with E-state index in [1.54, 1.807) is 6.07 Å². The van der Waals surface area contributed by atoms with Gasteiger partial charge in [0.2, 0.25) is 10.0 Å². The van der Waals surface area contributed by atoms with E-state index in [4.69, 9.17) is 0 Å². The van der Waals surface area contributed by atoms with Crippen LogP contribution in [0.5, 0.6) is 0 Å². The summed E-state index contributed by atoms with van der Waals surface area (Å²) >= 11 is 1.35. The standard InChI is InChI=1S/C15H26N2O2S2/c1-3-16-11-14-7-8-15(20-14)21(18,19)17-10-13-6-4-5-12(2)9-13/h7-8,12-13,16-17H,3-6,9-11H2,1-2H3. The van der Waals surface area contributed by atoms with Crippen molar-refractivity contribution in [2.45, 2.75) is 50.3 Å². The SMILES string of the molecule is CCNCc1ccc(S(=O)(=O)NCC2CCCC(C)C2)s1. The molecule has 21 heavy (non-hydrogen) atoms. The predicted octanol–water partition coefficient (Wildman–Crippen LogP) is 2.96. The van der Waals surface area contributed by atoms with Gasteiger partial charge in [0.25, 0.3) is 0 Å². The lowest BCUT2D eigenvalue weighted by Crippen LogP contribution is -2.31. The average Bonchev–Trinajstić information content (AvgIpc) is 2.93. The van der Waals surface area contributed by atoms with Gasteiger partial charge in [-0.15, -0.1) is 11.3 Å². The summed E-state index contributed by atoms with van der Waals surface area (Å²) in [5.41, 5.74) is 0. The van der Waals surface area contributed by atoms with Gasteiger partial charge in [0, 0.05) is 18.0 Å². The van der Waals surface area contributed by atoms with Crippen LogP contribution in [0.3, 0.4) is 0 Å². The van der Waals surface area contributed by atoms with Gasteiger partial charge in [-0.05, 0) is 43.4 Å². The van der Waals surface area contributed by atoms with Gasteiger partial charge < -0.3 is 5.32 Å². The minimum atomic E-state index is -3.34. The van der Waals surface area contributed by atoms with Crippen LogP contribution in [-0.4, -0.2) is 21.5 Å². The molecule has 2 atom stereocenters. The Balaban J connectivity index is 1.90. The maximum atomic E-state index is 12.3. The minimum Gasteiger partial charge on any atom is -0.312 e. The Kier molecular flexibility index (Phi) is 6.22. The molecule has 1 fully saturated rings. The van der Waals surface area contributed by atoms with Crippen LogP contribution >= 0.6 is 11.3 Å². The molecule has 0 saturated heterocycles. The number of sulfonamides is 1. The maximum absolute atomic E-state index is 12.3. The highest BCUT2D eigenvalue weighted by molar-refractivity contribution is 7.91. The van der Waals surface area contributed by atoms with Crippen molar-refractivity contribution in [2.24, 2.45) is 11.8 Å². The normalized spacial score (nSPS) is 23.3. The molecule has 0 spiro atoms. The third-order valence-electron chi connectivity index (χ3n) is 4.06. The number of rotatable bonds is 7. The summed E-state index contributed by atoms with van der Waals surface area (Å²) in [6.07, 6.45) is 4.78. The van der Waals surface area contributed by atoms with Crippen molar-refractivity contribution in [3.05, 3.63) is 17.0 Å². The molecule has 0 aliphatic heterocycles. The van der Waals surface area contributed by atoms with Crippen molar-refractivity contribution in [1.29, 1.82) is 0 Å². The zero-order valence-corrected chi connectivity index (χ0v) is 14.5. The van der Waals surface area contributed by atoms with E-state index in [0.29, 0.717) is 16.7 Å². The van der Waals surface area contributed by atoms with Crippen molar-refractivity contribution in [3.8, 4) is 0 Å². The Morgan fingerprint density at radius 1 is 1.33 bits per heavy atom. The van der Waals surface area contributed by atoms with Crippen molar-refractivity contribution >= 4 is 21.4 Å². The molecule has 2 rings (SSSR count). The molecule has 1 aliphatic rings. The fourth-order valence-electron chi connectivity index (χ4n) is 2.89. The second-order valence-corrected chi connectivity index (χ2v) is 9.15. The third kappa shape index (κ3) is 5.06. The minimum absolute atomic E-state index is 0.430. The van der Waals surface area contributed by atoms with Crippen LogP contribution in [0.15, 0.2) is 16.3 Å². The van der Waals surface area contributed by atoms with E-state index in [2.05, 4.69) is 17.0 Å². The predicted molar refractivity (Wildman–Crippen MR) is 88.0 cm³/mol. The molecule has 1 aromatic heterocycles. The lowest BCUT2D eigenvalue weighted by molar-refractivity contribution is 0.283. The van der Waals surface area contributed by atoms with Gasteiger partial charge in [-0.25, -0.2) is 13.1 Å². The number of hydrogen-bond acceptors (Lipinski definition) is 4. The summed E-state index contributed by atoms with van der Waals surface area (Å²) < 4.78 is 27.9. The quantitative estimate of drug-likeness (QED) is 0.808. The monoisotopic (exact) mass is 330 g/mol. The fourth-order valence-corrected chi connectivity index (χ4v) is 5.38. The van der Waals surface area contributed by atoms with Crippen LogP contribution in [0, 0.1) is 11.8 Å². The van der Waals surface area contributed by atoms with Crippen molar-refractivity contribution < 1.29 is 8.42 Å². The molecule has 1 aliphatic carbocycles. The molecule has 120 valence electrons. The Morgan fingerprint density at radius 3 is 2.86 bits per heavy atom. The molecule has 1 aromatic rings. The van der Waals surface area contributed by atoms with Gasteiger partial charge in [0.15, 0.2) is 0 Å². The summed E-state index contributed by atoms with van der Waals surface area (Å²) in [4.78, 5) is 1.06. The molecule has 2 unspecified atom stereocenters. The van der Waals surface area contributed by atoms with Crippen LogP contribution in [0.25, 0.3) is 0 Å². The van der Waals surface area contributed by atoms with Crippen LogP contribution in [0.1, 0.15) is 44.4 Å². The van der Waals surface area contributed by atoms with Crippen molar-refractivity contribution in [2.75, 3.05) is 13.1 Å². The first-order chi connectivity index (χ1) is 10.0. The molecule has 2 N–H and O–H groups in total. The summed E-state index contributed by atoms with van der Waals surface area (Å²) in [5.74, 6) is 1.21. The smallest absolute Gasteiger partial charge is 0.250 e. The first-order valence-electron chi connectivity index (χ1n) is 7.80.